The summed E-state index contributed by atoms with van der Waals surface area (Å²) in [7, 11) is 0. The van der Waals surface area contributed by atoms with E-state index in [1.807, 2.05) is 0 Å². The van der Waals surface area contributed by atoms with E-state index in [9.17, 15) is 27.6 Å². The molecular formula is C26H22F3NO7. The number of ether oxygens (including phenoxy) is 2. The van der Waals surface area contributed by atoms with Crippen molar-refractivity contribution in [3.05, 3.63) is 64.5 Å². The second-order valence-corrected chi connectivity index (χ2v) is 9.23. The molecular weight excluding hydrogens is 495 g/mol. The summed E-state index contributed by atoms with van der Waals surface area (Å²) in [5.41, 5.74) is -2.67. The minimum absolute atomic E-state index is 0.178. The van der Waals surface area contributed by atoms with Crippen LogP contribution >= 0.6 is 0 Å². The highest BCUT2D eigenvalue weighted by Crippen LogP contribution is 2.39. The number of para-hydroxylation sites is 1. The zero-order valence-corrected chi connectivity index (χ0v) is 20.2. The van der Waals surface area contributed by atoms with Gasteiger partial charge in [0.1, 0.15) is 39.9 Å². The molecule has 1 N–H and O–H groups in total. The highest BCUT2D eigenvalue weighted by Gasteiger charge is 2.40. The zero-order valence-electron chi connectivity index (χ0n) is 20.2. The summed E-state index contributed by atoms with van der Waals surface area (Å²) in [6.07, 6.45) is -5.88. The minimum Gasteiger partial charge on any atom is -0.456 e. The predicted molar refractivity (Wildman–Crippen MR) is 127 cm³/mol. The molecule has 1 amide bonds. The van der Waals surface area contributed by atoms with Crippen molar-refractivity contribution < 1.29 is 41.1 Å². The number of carbonyl (C=O) groups is 2. The van der Waals surface area contributed by atoms with Gasteiger partial charge in [0.25, 0.3) is 0 Å². The molecule has 0 bridgehead atoms. The molecule has 4 rings (SSSR count). The van der Waals surface area contributed by atoms with Gasteiger partial charge in [-0.3, -0.25) is 4.79 Å². The molecule has 2 heterocycles. The third-order valence-electron chi connectivity index (χ3n) is 5.10. The molecule has 0 aliphatic rings. The van der Waals surface area contributed by atoms with E-state index in [0.29, 0.717) is 11.0 Å². The van der Waals surface area contributed by atoms with E-state index in [-0.39, 0.29) is 16.9 Å². The Balaban J connectivity index is 1.68. The summed E-state index contributed by atoms with van der Waals surface area (Å²) < 4.78 is 62.7. The first-order valence-electron chi connectivity index (χ1n) is 11.1. The van der Waals surface area contributed by atoms with Gasteiger partial charge in [-0.2, -0.15) is 13.2 Å². The third kappa shape index (κ3) is 5.60. The van der Waals surface area contributed by atoms with E-state index in [0.717, 1.165) is 6.07 Å². The molecule has 2 aromatic heterocycles. The van der Waals surface area contributed by atoms with Crippen LogP contribution in [0.15, 0.2) is 62.2 Å². The Hall–Kier alpha value is -4.28. The fraction of sp³-hybridized carbons (Fsp3) is 0.269. The summed E-state index contributed by atoms with van der Waals surface area (Å²) in [5, 5.41) is 2.64. The van der Waals surface area contributed by atoms with Gasteiger partial charge in [0, 0.05) is 11.5 Å². The molecule has 0 aliphatic heterocycles. The van der Waals surface area contributed by atoms with Crippen molar-refractivity contribution in [2.45, 2.75) is 45.5 Å². The average molecular weight is 517 g/mol. The van der Waals surface area contributed by atoms with Gasteiger partial charge in [0.15, 0.2) is 0 Å². The van der Waals surface area contributed by atoms with Crippen molar-refractivity contribution in [3.63, 3.8) is 0 Å². The van der Waals surface area contributed by atoms with Crippen LogP contribution in [0, 0.1) is 0 Å². The Morgan fingerprint density at radius 2 is 1.68 bits per heavy atom. The molecule has 0 radical (unpaired) electrons. The number of fused-ring (bicyclic) bond motifs is 2. The SMILES string of the molecule is C[C@H](NC(=O)OC(C)(C)C)C(=O)Oc1ccc2c(=O)c(-c3cc4ccccc4o3)c(C(F)(F)F)oc2c1. The van der Waals surface area contributed by atoms with E-state index >= 15 is 0 Å². The first-order chi connectivity index (χ1) is 17.2. The number of rotatable bonds is 4. The van der Waals surface area contributed by atoms with Crippen molar-refractivity contribution in [2.24, 2.45) is 0 Å². The fourth-order valence-corrected chi connectivity index (χ4v) is 3.51. The van der Waals surface area contributed by atoms with Gasteiger partial charge in [0.05, 0.1) is 5.39 Å². The van der Waals surface area contributed by atoms with E-state index in [2.05, 4.69) is 5.32 Å². The van der Waals surface area contributed by atoms with Crippen molar-refractivity contribution in [2.75, 3.05) is 0 Å². The zero-order chi connectivity index (χ0) is 27.1. The number of nitrogens with one attached hydrogen (secondary N) is 1. The number of carbonyl (C=O) groups excluding carboxylic acids is 2. The standard InChI is InChI=1S/C26H22F3NO7/c1-13(30-24(33)37-25(2,3)4)23(32)34-15-9-10-16-18(12-15)36-22(26(27,28)29)20(21(16)31)19-11-14-7-5-6-8-17(14)35-19/h5-13H,1-4H3,(H,30,33)/t13-/m0/s1. The molecule has 1 atom stereocenters. The number of hydrogen-bond acceptors (Lipinski definition) is 7. The van der Waals surface area contributed by atoms with E-state index in [1.165, 1.54) is 25.1 Å². The van der Waals surface area contributed by atoms with Crippen LogP contribution in [-0.2, 0) is 15.7 Å². The Labute approximate surface area is 207 Å². The van der Waals surface area contributed by atoms with Crippen molar-refractivity contribution in [1.82, 2.24) is 5.32 Å². The summed E-state index contributed by atoms with van der Waals surface area (Å²) >= 11 is 0. The second-order valence-electron chi connectivity index (χ2n) is 9.23. The minimum atomic E-state index is -5.03. The Bertz CT molecular complexity index is 1530. The first-order valence-corrected chi connectivity index (χ1v) is 11.1. The molecule has 0 unspecified atom stereocenters. The lowest BCUT2D eigenvalue weighted by Gasteiger charge is -2.21. The number of amides is 1. The largest absolute Gasteiger partial charge is 0.456 e. The maximum Gasteiger partial charge on any atom is 0.450 e. The van der Waals surface area contributed by atoms with Crippen molar-refractivity contribution in [3.8, 4) is 17.1 Å². The normalized spacial score (nSPS) is 12.9. The third-order valence-corrected chi connectivity index (χ3v) is 5.10. The van der Waals surface area contributed by atoms with Gasteiger partial charge in [-0.05, 0) is 52.0 Å². The summed E-state index contributed by atoms with van der Waals surface area (Å²) in [6, 6.07) is 10.1. The molecule has 0 aliphatic carbocycles. The van der Waals surface area contributed by atoms with Crippen LogP contribution < -0.4 is 15.5 Å². The highest BCUT2D eigenvalue weighted by molar-refractivity contribution is 5.88. The summed E-state index contributed by atoms with van der Waals surface area (Å²) in [5.74, 6) is -2.94. The highest BCUT2D eigenvalue weighted by atomic mass is 19.4. The number of alkyl halides is 3. The Kier molecular flexibility index (Phi) is 6.49. The van der Waals surface area contributed by atoms with Crippen LogP contribution in [0.25, 0.3) is 33.3 Å². The summed E-state index contributed by atoms with van der Waals surface area (Å²) in [6.45, 7) is 6.28. The van der Waals surface area contributed by atoms with Crippen molar-refractivity contribution >= 4 is 34.0 Å². The van der Waals surface area contributed by atoms with Gasteiger partial charge >= 0.3 is 18.2 Å². The number of benzene rings is 2. The number of alkyl carbamates (subject to hydrolysis) is 1. The molecule has 2 aromatic carbocycles. The van der Waals surface area contributed by atoms with E-state index in [4.69, 9.17) is 18.3 Å². The van der Waals surface area contributed by atoms with Crippen LogP contribution in [0.5, 0.6) is 5.75 Å². The molecule has 194 valence electrons. The number of hydrogen-bond donors (Lipinski definition) is 1. The lowest BCUT2D eigenvalue weighted by molar-refractivity contribution is -0.152. The molecule has 0 fully saturated rings. The first kappa shape index (κ1) is 25.8. The molecule has 0 saturated carbocycles. The van der Waals surface area contributed by atoms with Crippen LogP contribution in [0.2, 0.25) is 0 Å². The smallest absolute Gasteiger partial charge is 0.450 e. The quantitative estimate of drug-likeness (QED) is 0.260. The van der Waals surface area contributed by atoms with Gasteiger partial charge in [0.2, 0.25) is 11.2 Å². The van der Waals surface area contributed by atoms with Crippen molar-refractivity contribution in [1.29, 1.82) is 0 Å². The van der Waals surface area contributed by atoms with Crippen LogP contribution in [0.1, 0.15) is 33.5 Å². The summed E-state index contributed by atoms with van der Waals surface area (Å²) in [4.78, 5) is 37.4. The topological polar surface area (TPSA) is 108 Å². The fourth-order valence-electron chi connectivity index (χ4n) is 3.51. The Morgan fingerprint density at radius 3 is 2.32 bits per heavy atom. The maximum atomic E-state index is 13.9. The number of furan rings is 1. The predicted octanol–water partition coefficient (Wildman–Crippen LogP) is 6.04. The molecule has 0 saturated heterocycles. The van der Waals surface area contributed by atoms with Gasteiger partial charge < -0.3 is 23.6 Å². The number of halogens is 3. The van der Waals surface area contributed by atoms with Gasteiger partial charge in [-0.25, -0.2) is 9.59 Å². The molecule has 37 heavy (non-hydrogen) atoms. The van der Waals surface area contributed by atoms with Gasteiger partial charge in [-0.1, -0.05) is 18.2 Å². The van der Waals surface area contributed by atoms with Crippen LogP contribution in [0.4, 0.5) is 18.0 Å². The van der Waals surface area contributed by atoms with Crippen LogP contribution in [-0.4, -0.2) is 23.7 Å². The van der Waals surface area contributed by atoms with E-state index in [1.54, 1.807) is 45.0 Å². The monoisotopic (exact) mass is 517 g/mol. The molecule has 11 heteroatoms. The Morgan fingerprint density at radius 1 is 0.973 bits per heavy atom. The van der Waals surface area contributed by atoms with E-state index < -0.39 is 52.2 Å². The second kappa shape index (κ2) is 9.30. The molecule has 0 spiro atoms. The maximum absolute atomic E-state index is 13.9. The van der Waals surface area contributed by atoms with Gasteiger partial charge in [-0.15, -0.1) is 0 Å². The lowest BCUT2D eigenvalue weighted by atomic mass is 10.1. The number of esters is 1. The van der Waals surface area contributed by atoms with Crippen LogP contribution in [0.3, 0.4) is 0 Å². The molecule has 8 nitrogen and oxygen atoms in total. The lowest BCUT2D eigenvalue weighted by Crippen LogP contribution is -2.43. The average Bonchev–Trinajstić information content (AvgIpc) is 3.20. The molecule has 4 aromatic rings.